The third-order valence-electron chi connectivity index (χ3n) is 4.30. The van der Waals surface area contributed by atoms with E-state index in [1.165, 1.54) is 30.6 Å². The SMILES string of the molecule is O=C(COc1ccccc1)NCC(=O)Nc1ccc(SC2CCCC2)cc1. The predicted molar refractivity (Wildman–Crippen MR) is 108 cm³/mol. The molecule has 0 spiro atoms. The van der Waals surface area contributed by atoms with Crippen molar-refractivity contribution in [2.24, 2.45) is 0 Å². The number of nitrogens with one attached hydrogen (secondary N) is 2. The minimum atomic E-state index is -0.336. The number of ether oxygens (including phenoxy) is 1. The minimum Gasteiger partial charge on any atom is -0.484 e. The molecule has 142 valence electrons. The molecular weight excluding hydrogens is 360 g/mol. The highest BCUT2D eigenvalue weighted by atomic mass is 32.2. The highest BCUT2D eigenvalue weighted by Crippen LogP contribution is 2.34. The summed E-state index contributed by atoms with van der Waals surface area (Å²) in [4.78, 5) is 25.0. The van der Waals surface area contributed by atoms with Crippen LogP contribution in [-0.4, -0.2) is 30.2 Å². The molecular formula is C21H24N2O3S. The Morgan fingerprint density at radius 2 is 1.67 bits per heavy atom. The zero-order valence-electron chi connectivity index (χ0n) is 15.1. The summed E-state index contributed by atoms with van der Waals surface area (Å²) in [7, 11) is 0. The van der Waals surface area contributed by atoms with Crippen LogP contribution in [-0.2, 0) is 9.59 Å². The van der Waals surface area contributed by atoms with E-state index in [2.05, 4.69) is 10.6 Å². The zero-order chi connectivity index (χ0) is 18.9. The van der Waals surface area contributed by atoms with Crippen molar-refractivity contribution in [3.63, 3.8) is 0 Å². The van der Waals surface area contributed by atoms with Gasteiger partial charge in [-0.25, -0.2) is 0 Å². The molecule has 27 heavy (non-hydrogen) atoms. The monoisotopic (exact) mass is 384 g/mol. The number of rotatable bonds is 8. The molecule has 2 aromatic carbocycles. The van der Waals surface area contributed by atoms with Crippen molar-refractivity contribution in [1.29, 1.82) is 0 Å². The van der Waals surface area contributed by atoms with E-state index >= 15 is 0 Å². The average Bonchev–Trinajstić information content (AvgIpc) is 3.20. The summed E-state index contributed by atoms with van der Waals surface area (Å²) in [5.74, 6) is 0.0178. The Bertz CT molecular complexity index is 744. The Kier molecular flexibility index (Phi) is 7.16. The van der Waals surface area contributed by atoms with E-state index in [0.29, 0.717) is 5.75 Å². The van der Waals surface area contributed by atoms with Gasteiger partial charge < -0.3 is 15.4 Å². The Morgan fingerprint density at radius 3 is 2.37 bits per heavy atom. The summed E-state index contributed by atoms with van der Waals surface area (Å²) in [6.07, 6.45) is 5.23. The first kappa shape index (κ1) is 19.3. The topological polar surface area (TPSA) is 67.4 Å². The quantitative estimate of drug-likeness (QED) is 0.725. The van der Waals surface area contributed by atoms with Gasteiger partial charge in [-0.3, -0.25) is 9.59 Å². The maximum atomic E-state index is 12.0. The molecule has 2 N–H and O–H groups in total. The fourth-order valence-corrected chi connectivity index (χ4v) is 4.16. The molecule has 1 fully saturated rings. The smallest absolute Gasteiger partial charge is 0.258 e. The van der Waals surface area contributed by atoms with Gasteiger partial charge in [-0.05, 0) is 49.2 Å². The molecule has 0 aromatic heterocycles. The minimum absolute atomic E-state index is 0.0877. The second-order valence-corrected chi connectivity index (χ2v) is 7.85. The van der Waals surface area contributed by atoms with E-state index in [4.69, 9.17) is 4.74 Å². The Balaban J connectivity index is 1.36. The Hall–Kier alpha value is -2.47. The fraction of sp³-hybridized carbons (Fsp3) is 0.333. The van der Waals surface area contributed by atoms with Crippen LogP contribution >= 0.6 is 11.8 Å². The molecule has 2 aromatic rings. The van der Waals surface area contributed by atoms with Crippen LogP contribution < -0.4 is 15.4 Å². The first-order chi connectivity index (χ1) is 13.2. The maximum absolute atomic E-state index is 12.0. The molecule has 0 heterocycles. The van der Waals surface area contributed by atoms with Crippen LogP contribution in [0.5, 0.6) is 5.75 Å². The van der Waals surface area contributed by atoms with Gasteiger partial charge in [0.15, 0.2) is 6.61 Å². The molecule has 2 amide bonds. The molecule has 1 aliphatic carbocycles. The molecule has 3 rings (SSSR count). The van der Waals surface area contributed by atoms with Gasteiger partial charge in [0, 0.05) is 15.8 Å². The normalized spacial score (nSPS) is 13.9. The number of benzene rings is 2. The molecule has 1 saturated carbocycles. The van der Waals surface area contributed by atoms with Crippen molar-refractivity contribution in [3.8, 4) is 5.75 Å². The van der Waals surface area contributed by atoms with Crippen molar-refractivity contribution < 1.29 is 14.3 Å². The molecule has 0 radical (unpaired) electrons. The first-order valence-corrected chi connectivity index (χ1v) is 10.1. The lowest BCUT2D eigenvalue weighted by molar-refractivity contribution is -0.125. The molecule has 0 atom stereocenters. The van der Waals surface area contributed by atoms with Crippen molar-refractivity contribution in [3.05, 3.63) is 54.6 Å². The van der Waals surface area contributed by atoms with E-state index in [1.54, 1.807) is 12.1 Å². The van der Waals surface area contributed by atoms with Crippen molar-refractivity contribution in [2.45, 2.75) is 35.8 Å². The van der Waals surface area contributed by atoms with Gasteiger partial charge in [0.05, 0.1) is 6.54 Å². The summed E-state index contributed by atoms with van der Waals surface area (Å²) >= 11 is 1.91. The van der Waals surface area contributed by atoms with Crippen LogP contribution in [0.25, 0.3) is 0 Å². The van der Waals surface area contributed by atoms with Crippen molar-refractivity contribution >= 4 is 29.3 Å². The lowest BCUT2D eigenvalue weighted by Crippen LogP contribution is -2.35. The molecule has 0 aliphatic heterocycles. The van der Waals surface area contributed by atoms with Gasteiger partial charge in [-0.15, -0.1) is 11.8 Å². The van der Waals surface area contributed by atoms with E-state index in [9.17, 15) is 9.59 Å². The molecule has 5 nitrogen and oxygen atoms in total. The summed E-state index contributed by atoms with van der Waals surface area (Å²) in [5, 5.41) is 6.06. The Labute approximate surface area is 163 Å². The second-order valence-electron chi connectivity index (χ2n) is 6.48. The number of amides is 2. The van der Waals surface area contributed by atoms with Gasteiger partial charge in [-0.1, -0.05) is 31.0 Å². The lowest BCUT2D eigenvalue weighted by atomic mass is 10.3. The molecule has 0 saturated heterocycles. The van der Waals surface area contributed by atoms with Crippen LogP contribution in [0.1, 0.15) is 25.7 Å². The van der Waals surface area contributed by atoms with Crippen LogP contribution in [0.15, 0.2) is 59.5 Å². The number of hydrogen-bond acceptors (Lipinski definition) is 4. The third-order valence-corrected chi connectivity index (χ3v) is 5.65. The predicted octanol–water partition coefficient (Wildman–Crippen LogP) is 3.86. The number of carbonyl (C=O) groups excluding carboxylic acids is 2. The Morgan fingerprint density at radius 1 is 0.963 bits per heavy atom. The van der Waals surface area contributed by atoms with Crippen molar-refractivity contribution in [1.82, 2.24) is 5.32 Å². The molecule has 0 unspecified atom stereocenters. The standard InChI is InChI=1S/C21H24N2O3S/c24-20(14-22-21(25)15-26-17-6-2-1-3-7-17)23-16-10-12-19(13-11-16)27-18-8-4-5-9-18/h1-3,6-7,10-13,18H,4-5,8-9,14-15H2,(H,22,25)(H,23,24). The third kappa shape index (κ3) is 6.64. The summed E-state index contributed by atoms with van der Waals surface area (Å²) in [6, 6.07) is 16.9. The molecule has 0 bridgehead atoms. The lowest BCUT2D eigenvalue weighted by Gasteiger charge is -2.10. The van der Waals surface area contributed by atoms with Crippen LogP contribution in [0.2, 0.25) is 0 Å². The highest BCUT2D eigenvalue weighted by Gasteiger charge is 2.16. The second kappa shape index (κ2) is 10.0. The molecule has 6 heteroatoms. The zero-order valence-corrected chi connectivity index (χ0v) is 16.0. The number of hydrogen-bond donors (Lipinski definition) is 2. The number of anilines is 1. The number of para-hydroxylation sites is 1. The fourth-order valence-electron chi connectivity index (χ4n) is 2.92. The summed E-state index contributed by atoms with van der Waals surface area (Å²) < 4.78 is 5.34. The highest BCUT2D eigenvalue weighted by molar-refractivity contribution is 8.00. The first-order valence-electron chi connectivity index (χ1n) is 9.20. The van der Waals surface area contributed by atoms with Crippen molar-refractivity contribution in [2.75, 3.05) is 18.5 Å². The van der Waals surface area contributed by atoms with Crippen LogP contribution in [0, 0.1) is 0 Å². The number of thioether (sulfide) groups is 1. The van der Waals surface area contributed by atoms with E-state index in [-0.39, 0.29) is 25.0 Å². The van der Waals surface area contributed by atoms with Gasteiger partial charge in [0.1, 0.15) is 5.75 Å². The molecule has 1 aliphatic rings. The largest absolute Gasteiger partial charge is 0.484 e. The van der Waals surface area contributed by atoms with Gasteiger partial charge in [0.2, 0.25) is 5.91 Å². The number of carbonyl (C=O) groups is 2. The average molecular weight is 385 g/mol. The van der Waals surface area contributed by atoms with E-state index in [1.807, 2.05) is 54.2 Å². The summed E-state index contributed by atoms with van der Waals surface area (Å²) in [6.45, 7) is -0.208. The van der Waals surface area contributed by atoms with Gasteiger partial charge >= 0.3 is 0 Å². The summed E-state index contributed by atoms with van der Waals surface area (Å²) in [5.41, 5.74) is 0.727. The van der Waals surface area contributed by atoms with Gasteiger partial charge in [0.25, 0.3) is 5.91 Å². The van der Waals surface area contributed by atoms with E-state index < -0.39 is 0 Å². The van der Waals surface area contributed by atoms with Gasteiger partial charge in [-0.2, -0.15) is 0 Å². The van der Waals surface area contributed by atoms with E-state index in [0.717, 1.165) is 10.9 Å². The van der Waals surface area contributed by atoms with Crippen LogP contribution in [0.3, 0.4) is 0 Å². The van der Waals surface area contributed by atoms with Crippen LogP contribution in [0.4, 0.5) is 5.69 Å². The maximum Gasteiger partial charge on any atom is 0.258 e.